The predicted molar refractivity (Wildman–Crippen MR) is 114 cm³/mol. The highest BCUT2D eigenvalue weighted by Gasteiger charge is 2.33. The first-order chi connectivity index (χ1) is 15.5. The third kappa shape index (κ3) is 3.55. The van der Waals surface area contributed by atoms with E-state index in [2.05, 4.69) is 6.07 Å². The molecule has 0 radical (unpaired) electrons. The second kappa shape index (κ2) is 7.98. The van der Waals surface area contributed by atoms with Crippen molar-refractivity contribution in [2.24, 2.45) is 5.73 Å². The van der Waals surface area contributed by atoms with Crippen LogP contribution in [0, 0.1) is 17.1 Å². The van der Waals surface area contributed by atoms with Crippen LogP contribution in [-0.2, 0) is 6.61 Å². The van der Waals surface area contributed by atoms with E-state index < -0.39 is 5.92 Å². The van der Waals surface area contributed by atoms with Gasteiger partial charge in [0.1, 0.15) is 35.6 Å². The van der Waals surface area contributed by atoms with E-state index in [1.807, 2.05) is 6.07 Å². The molecule has 0 saturated carbocycles. The first-order valence-corrected chi connectivity index (χ1v) is 10.1. The molecule has 0 bridgehead atoms. The summed E-state index contributed by atoms with van der Waals surface area (Å²) in [6.07, 6.45) is 0. The van der Waals surface area contributed by atoms with Crippen molar-refractivity contribution in [2.45, 2.75) is 12.5 Å². The minimum absolute atomic E-state index is 0.0198. The van der Waals surface area contributed by atoms with Crippen LogP contribution in [0.25, 0.3) is 0 Å². The Balaban J connectivity index is 1.48. The van der Waals surface area contributed by atoms with Crippen LogP contribution in [0.1, 0.15) is 22.6 Å². The average Bonchev–Trinajstić information content (AvgIpc) is 3.23. The molecule has 2 aliphatic heterocycles. The van der Waals surface area contributed by atoms with Crippen LogP contribution in [0.3, 0.4) is 0 Å². The summed E-state index contributed by atoms with van der Waals surface area (Å²) >= 11 is 6.49. The maximum Gasteiger partial charge on any atom is 0.231 e. The molecule has 32 heavy (non-hydrogen) atoms. The van der Waals surface area contributed by atoms with Crippen LogP contribution >= 0.6 is 11.6 Å². The molecule has 3 aromatic rings. The standard InChI is InChI=1S/C24H16ClFN2O4/c25-18-7-14(4-5-19(18)29-11-13-2-1-3-15(26)6-13)23-16-8-21-22(31-12-30-21)9-20(16)32-24(28)17(23)10-27/h1-9,23H,11-12,28H2/t23-/m0/s1. The number of nitrogens with two attached hydrogens (primary N) is 1. The molecule has 0 aromatic heterocycles. The van der Waals surface area contributed by atoms with Crippen molar-refractivity contribution in [2.75, 3.05) is 6.79 Å². The van der Waals surface area contributed by atoms with E-state index in [1.54, 1.807) is 36.4 Å². The molecule has 0 aliphatic carbocycles. The number of nitrogens with zero attached hydrogens (tertiary/aromatic N) is 1. The van der Waals surface area contributed by atoms with Crippen LogP contribution < -0.4 is 24.7 Å². The molecule has 160 valence electrons. The molecule has 0 saturated heterocycles. The van der Waals surface area contributed by atoms with Gasteiger partial charge in [0.25, 0.3) is 0 Å². The van der Waals surface area contributed by atoms with Crippen molar-refractivity contribution < 1.29 is 23.3 Å². The third-order valence-corrected chi connectivity index (χ3v) is 5.58. The van der Waals surface area contributed by atoms with E-state index in [1.165, 1.54) is 12.1 Å². The molecule has 2 N–H and O–H groups in total. The van der Waals surface area contributed by atoms with Gasteiger partial charge in [0.05, 0.1) is 10.9 Å². The molecule has 3 aromatic carbocycles. The molecule has 0 fully saturated rings. The topological polar surface area (TPSA) is 86.7 Å². The molecule has 5 rings (SSSR count). The molecular weight excluding hydrogens is 435 g/mol. The quantitative estimate of drug-likeness (QED) is 0.601. The minimum Gasteiger partial charge on any atom is -0.487 e. The average molecular weight is 451 g/mol. The van der Waals surface area contributed by atoms with Crippen molar-refractivity contribution in [3.63, 3.8) is 0 Å². The van der Waals surface area contributed by atoms with Gasteiger partial charge in [0.15, 0.2) is 11.5 Å². The highest BCUT2D eigenvalue weighted by atomic mass is 35.5. The number of allylic oxidation sites excluding steroid dienone is 1. The first kappa shape index (κ1) is 20.0. The van der Waals surface area contributed by atoms with Gasteiger partial charge in [0, 0.05) is 11.6 Å². The summed E-state index contributed by atoms with van der Waals surface area (Å²) in [7, 11) is 0. The smallest absolute Gasteiger partial charge is 0.231 e. The van der Waals surface area contributed by atoms with E-state index in [0.29, 0.717) is 39.1 Å². The Labute approximate surface area is 188 Å². The third-order valence-electron chi connectivity index (χ3n) is 5.28. The van der Waals surface area contributed by atoms with Crippen molar-refractivity contribution in [1.29, 1.82) is 5.26 Å². The normalized spacial score (nSPS) is 16.2. The summed E-state index contributed by atoms with van der Waals surface area (Å²) in [5.41, 5.74) is 8.44. The van der Waals surface area contributed by atoms with Crippen LogP contribution in [0.15, 0.2) is 66.1 Å². The number of hydrogen-bond donors (Lipinski definition) is 1. The lowest BCUT2D eigenvalue weighted by Crippen LogP contribution is -2.21. The highest BCUT2D eigenvalue weighted by Crippen LogP contribution is 2.48. The monoisotopic (exact) mass is 450 g/mol. The molecule has 1 atom stereocenters. The second-order valence-electron chi connectivity index (χ2n) is 7.28. The summed E-state index contributed by atoms with van der Waals surface area (Å²) in [4.78, 5) is 0. The number of rotatable bonds is 4. The lowest BCUT2D eigenvalue weighted by atomic mass is 9.83. The second-order valence-corrected chi connectivity index (χ2v) is 7.68. The number of hydrogen-bond acceptors (Lipinski definition) is 6. The van der Waals surface area contributed by atoms with Gasteiger partial charge >= 0.3 is 0 Å². The Morgan fingerprint density at radius 2 is 1.91 bits per heavy atom. The zero-order valence-corrected chi connectivity index (χ0v) is 17.4. The predicted octanol–water partition coefficient (Wildman–Crippen LogP) is 5.00. The Hall–Kier alpha value is -3.89. The van der Waals surface area contributed by atoms with Gasteiger partial charge in [-0.2, -0.15) is 5.26 Å². The number of nitriles is 1. The summed E-state index contributed by atoms with van der Waals surface area (Å²) in [5, 5.41) is 10.1. The number of benzene rings is 3. The van der Waals surface area contributed by atoms with Gasteiger partial charge in [-0.3, -0.25) is 0 Å². The maximum atomic E-state index is 13.4. The molecule has 6 nitrogen and oxygen atoms in total. The molecule has 0 spiro atoms. The Bertz CT molecular complexity index is 1300. The number of ether oxygens (including phenoxy) is 4. The molecule has 8 heteroatoms. The summed E-state index contributed by atoms with van der Waals surface area (Å²) < 4.78 is 35.7. The van der Waals surface area contributed by atoms with Gasteiger partial charge < -0.3 is 24.7 Å². The van der Waals surface area contributed by atoms with E-state index in [0.717, 1.165) is 5.56 Å². The van der Waals surface area contributed by atoms with E-state index in [4.69, 9.17) is 36.3 Å². The largest absolute Gasteiger partial charge is 0.487 e. The zero-order valence-electron chi connectivity index (χ0n) is 16.6. The Morgan fingerprint density at radius 3 is 2.66 bits per heavy atom. The van der Waals surface area contributed by atoms with Crippen molar-refractivity contribution in [3.8, 4) is 29.1 Å². The lowest BCUT2D eigenvalue weighted by molar-refractivity contribution is 0.174. The highest BCUT2D eigenvalue weighted by molar-refractivity contribution is 6.32. The van der Waals surface area contributed by atoms with Gasteiger partial charge in [-0.05, 0) is 41.5 Å². The SMILES string of the molecule is N#CC1=C(N)Oc2cc3c(cc2[C@@H]1c1ccc(OCc2cccc(F)c2)c(Cl)c1)OCO3. The van der Waals surface area contributed by atoms with Crippen LogP contribution in [0.4, 0.5) is 4.39 Å². The lowest BCUT2D eigenvalue weighted by Gasteiger charge is -2.27. The molecule has 0 unspecified atom stereocenters. The van der Waals surface area contributed by atoms with Crippen molar-refractivity contribution in [3.05, 3.63) is 93.6 Å². The summed E-state index contributed by atoms with van der Waals surface area (Å²) in [6.45, 7) is 0.275. The fourth-order valence-corrected chi connectivity index (χ4v) is 4.04. The first-order valence-electron chi connectivity index (χ1n) is 9.71. The van der Waals surface area contributed by atoms with Gasteiger partial charge in [-0.1, -0.05) is 29.8 Å². The van der Waals surface area contributed by atoms with Gasteiger partial charge in [-0.15, -0.1) is 0 Å². The molecular formula is C24H16ClFN2O4. The van der Waals surface area contributed by atoms with Crippen molar-refractivity contribution in [1.82, 2.24) is 0 Å². The van der Waals surface area contributed by atoms with E-state index in [9.17, 15) is 9.65 Å². The fourth-order valence-electron chi connectivity index (χ4n) is 3.79. The summed E-state index contributed by atoms with van der Waals surface area (Å²) in [5.74, 6) is 1.22. The molecule has 0 amide bonds. The Morgan fingerprint density at radius 1 is 1.09 bits per heavy atom. The van der Waals surface area contributed by atoms with Crippen LogP contribution in [0.2, 0.25) is 5.02 Å². The van der Waals surface area contributed by atoms with Crippen molar-refractivity contribution >= 4 is 11.6 Å². The minimum atomic E-state index is -0.506. The van der Waals surface area contributed by atoms with Gasteiger partial charge in [-0.25, -0.2) is 4.39 Å². The fraction of sp³-hybridized carbons (Fsp3) is 0.125. The van der Waals surface area contributed by atoms with Crippen LogP contribution in [-0.4, -0.2) is 6.79 Å². The number of halogens is 2. The maximum absolute atomic E-state index is 13.4. The van der Waals surface area contributed by atoms with E-state index >= 15 is 0 Å². The van der Waals surface area contributed by atoms with E-state index in [-0.39, 0.29) is 30.7 Å². The zero-order chi connectivity index (χ0) is 22.2. The van der Waals surface area contributed by atoms with Gasteiger partial charge in [0.2, 0.25) is 12.7 Å². The summed E-state index contributed by atoms with van der Waals surface area (Å²) in [6, 6.07) is 17.0. The molecule has 2 heterocycles. The van der Waals surface area contributed by atoms with Crippen LogP contribution in [0.5, 0.6) is 23.0 Å². The molecule has 2 aliphatic rings. The number of fused-ring (bicyclic) bond motifs is 2. The Kier molecular flexibility index (Phi) is 5.00.